The van der Waals surface area contributed by atoms with Crippen molar-refractivity contribution < 1.29 is 9.84 Å². The van der Waals surface area contributed by atoms with Crippen molar-refractivity contribution in [1.82, 2.24) is 0 Å². The van der Waals surface area contributed by atoms with Crippen LogP contribution < -0.4 is 0 Å². The number of hydrogen-bond acceptors (Lipinski definition) is 2. The summed E-state index contributed by atoms with van der Waals surface area (Å²) in [4.78, 5) is 0. The van der Waals surface area contributed by atoms with E-state index in [0.29, 0.717) is 17.4 Å². The predicted molar refractivity (Wildman–Crippen MR) is 119 cm³/mol. The molecule has 0 aromatic carbocycles. The molecular weight excluding hydrogens is 356 g/mol. The average molecular weight is 401 g/mol. The first-order valence-corrected chi connectivity index (χ1v) is 12.8. The molecule has 3 saturated carbocycles. The van der Waals surface area contributed by atoms with E-state index in [4.69, 9.17) is 4.74 Å². The Hall–Kier alpha value is -0.340. The maximum Gasteiger partial charge on any atom is 0.106 e. The molecule has 4 fully saturated rings. The molecule has 0 bridgehead atoms. The van der Waals surface area contributed by atoms with Crippen LogP contribution in [0.15, 0.2) is 11.6 Å². The molecule has 5 aliphatic rings. The smallest absolute Gasteiger partial charge is 0.106 e. The first-order valence-electron chi connectivity index (χ1n) is 12.8. The maximum absolute atomic E-state index is 10.3. The largest absolute Gasteiger partial charge is 0.393 e. The van der Waals surface area contributed by atoms with Crippen LogP contribution in [-0.2, 0) is 4.74 Å². The fourth-order valence-electron chi connectivity index (χ4n) is 9.05. The molecule has 0 aromatic heterocycles. The minimum Gasteiger partial charge on any atom is -0.393 e. The van der Waals surface area contributed by atoms with Crippen LogP contribution in [0, 0.1) is 40.4 Å². The lowest BCUT2D eigenvalue weighted by Crippen LogP contribution is -2.56. The Morgan fingerprint density at radius 3 is 2.59 bits per heavy atom. The second-order valence-corrected chi connectivity index (χ2v) is 12.5. The number of fused-ring (bicyclic) bond motifs is 3. The van der Waals surface area contributed by atoms with Gasteiger partial charge in [0.2, 0.25) is 0 Å². The van der Waals surface area contributed by atoms with Crippen LogP contribution in [0.2, 0.25) is 0 Å². The van der Waals surface area contributed by atoms with Crippen LogP contribution in [-0.4, -0.2) is 22.9 Å². The predicted octanol–water partition coefficient (Wildman–Crippen LogP) is 6.52. The quantitative estimate of drug-likeness (QED) is 0.421. The Balaban J connectivity index is 1.38. The molecule has 1 aliphatic heterocycles. The van der Waals surface area contributed by atoms with Crippen LogP contribution in [0.3, 0.4) is 0 Å². The molecule has 1 heterocycles. The molecule has 2 nitrogen and oxygen atoms in total. The molecule has 164 valence electrons. The monoisotopic (exact) mass is 400 g/mol. The summed E-state index contributed by atoms with van der Waals surface area (Å²) in [6, 6.07) is 0. The molecule has 0 unspecified atom stereocenters. The van der Waals surface area contributed by atoms with Crippen molar-refractivity contribution in [3.8, 4) is 0 Å². The van der Waals surface area contributed by atoms with E-state index in [0.717, 1.165) is 42.9 Å². The van der Waals surface area contributed by atoms with E-state index in [1.165, 1.54) is 50.5 Å². The van der Waals surface area contributed by atoms with Crippen LogP contribution in [0.25, 0.3) is 0 Å². The molecule has 0 aromatic rings. The van der Waals surface area contributed by atoms with E-state index in [9.17, 15) is 5.11 Å². The van der Waals surface area contributed by atoms with E-state index in [1.54, 1.807) is 0 Å². The first kappa shape index (κ1) is 20.6. The number of hydrogen-bond donors (Lipinski definition) is 1. The minimum absolute atomic E-state index is 0.128. The van der Waals surface area contributed by atoms with Gasteiger partial charge in [-0.05, 0) is 79.4 Å². The van der Waals surface area contributed by atoms with E-state index >= 15 is 0 Å². The zero-order valence-electron chi connectivity index (χ0n) is 19.5. The van der Waals surface area contributed by atoms with Crippen LogP contribution in [0.5, 0.6) is 0 Å². The van der Waals surface area contributed by atoms with Crippen molar-refractivity contribution >= 4 is 0 Å². The Bertz CT molecular complexity index is 682. The van der Waals surface area contributed by atoms with Gasteiger partial charge >= 0.3 is 0 Å². The van der Waals surface area contributed by atoms with Crippen molar-refractivity contribution in [2.45, 2.75) is 117 Å². The Kier molecular flexibility index (Phi) is 4.84. The molecule has 0 amide bonds. The summed E-state index contributed by atoms with van der Waals surface area (Å²) < 4.78 is 6.72. The normalized spacial score (nSPS) is 51.6. The minimum atomic E-state index is -0.128. The van der Waals surface area contributed by atoms with Gasteiger partial charge in [0.1, 0.15) is 11.7 Å². The highest BCUT2D eigenvalue weighted by molar-refractivity contribution is 5.38. The number of rotatable bonds is 5. The standard InChI is InChI=1S/C27H44O2/c1-17(2)7-6-8-18(3)21-9-10-22-26(21,5)14-12-23-25(4)13-11-20(28)15-19(25)16-24-27(22,23)29-24/h16-18,20-24,28H,6-15H2,1-5H3/t18-,20+,21-,22-,23-,24-,25+,26-,27+/m1/s1. The fourth-order valence-corrected chi connectivity index (χ4v) is 9.05. The molecule has 1 N–H and O–H groups in total. The summed E-state index contributed by atoms with van der Waals surface area (Å²) in [6.45, 7) is 12.4. The van der Waals surface area contributed by atoms with Crippen molar-refractivity contribution in [1.29, 1.82) is 0 Å². The lowest BCUT2D eigenvalue weighted by molar-refractivity contribution is -0.0694. The summed E-state index contributed by atoms with van der Waals surface area (Å²) in [5.74, 6) is 4.00. The van der Waals surface area contributed by atoms with Gasteiger partial charge in [0.15, 0.2) is 0 Å². The summed E-state index contributed by atoms with van der Waals surface area (Å²) in [6.07, 6.45) is 15.4. The molecule has 1 spiro atoms. The molecule has 1 saturated heterocycles. The Labute approximate surface area is 178 Å². The molecular formula is C27H44O2. The third-order valence-electron chi connectivity index (χ3n) is 10.6. The summed E-state index contributed by atoms with van der Waals surface area (Å²) in [5.41, 5.74) is 2.41. The average Bonchev–Trinajstić information content (AvgIpc) is 3.22. The second kappa shape index (κ2) is 6.83. The van der Waals surface area contributed by atoms with E-state index in [2.05, 4.69) is 40.7 Å². The highest BCUT2D eigenvalue weighted by Crippen LogP contribution is 2.74. The molecule has 9 atom stereocenters. The van der Waals surface area contributed by atoms with Gasteiger partial charge in [-0.15, -0.1) is 0 Å². The van der Waals surface area contributed by atoms with Crippen LogP contribution in [0.1, 0.15) is 98.8 Å². The van der Waals surface area contributed by atoms with E-state index in [1.807, 2.05) is 0 Å². The molecule has 29 heavy (non-hydrogen) atoms. The lowest BCUT2D eigenvalue weighted by Gasteiger charge is -2.57. The van der Waals surface area contributed by atoms with E-state index < -0.39 is 0 Å². The number of ether oxygens (including phenoxy) is 1. The summed E-state index contributed by atoms with van der Waals surface area (Å²) in [7, 11) is 0. The van der Waals surface area contributed by atoms with Gasteiger partial charge in [-0.3, -0.25) is 0 Å². The van der Waals surface area contributed by atoms with Gasteiger partial charge in [0.05, 0.1) is 6.10 Å². The van der Waals surface area contributed by atoms with E-state index in [-0.39, 0.29) is 17.1 Å². The van der Waals surface area contributed by atoms with Crippen LogP contribution >= 0.6 is 0 Å². The van der Waals surface area contributed by atoms with Crippen molar-refractivity contribution in [3.63, 3.8) is 0 Å². The second-order valence-electron chi connectivity index (χ2n) is 12.5. The van der Waals surface area contributed by atoms with Gasteiger partial charge in [0, 0.05) is 5.92 Å². The van der Waals surface area contributed by atoms with Gasteiger partial charge in [0.25, 0.3) is 0 Å². The molecule has 4 aliphatic carbocycles. The third-order valence-corrected chi connectivity index (χ3v) is 10.6. The van der Waals surface area contributed by atoms with Gasteiger partial charge < -0.3 is 9.84 Å². The third kappa shape index (κ3) is 2.87. The summed E-state index contributed by atoms with van der Waals surface area (Å²) >= 11 is 0. The SMILES string of the molecule is CC(C)CCC[C@@H](C)[C@H]1CC[C@@H]2[C@]1(C)CC[C@H]1[C@@]23O[C@@H]3C=C2C[C@@H](O)CC[C@@]21C. The van der Waals surface area contributed by atoms with Crippen molar-refractivity contribution in [2.24, 2.45) is 40.4 Å². The zero-order valence-corrected chi connectivity index (χ0v) is 19.5. The molecule has 5 rings (SSSR count). The molecule has 2 heteroatoms. The van der Waals surface area contributed by atoms with Crippen LogP contribution in [0.4, 0.5) is 0 Å². The fraction of sp³-hybridized carbons (Fsp3) is 0.926. The number of epoxide rings is 1. The zero-order chi connectivity index (χ0) is 20.6. The number of aliphatic hydroxyl groups excluding tert-OH is 1. The van der Waals surface area contributed by atoms with Gasteiger partial charge in [-0.25, -0.2) is 0 Å². The van der Waals surface area contributed by atoms with Crippen molar-refractivity contribution in [2.75, 3.05) is 0 Å². The summed E-state index contributed by atoms with van der Waals surface area (Å²) in [5, 5.41) is 10.3. The highest BCUT2D eigenvalue weighted by atomic mass is 16.6. The Morgan fingerprint density at radius 2 is 1.83 bits per heavy atom. The topological polar surface area (TPSA) is 32.8 Å². The highest BCUT2D eigenvalue weighted by Gasteiger charge is 2.76. The maximum atomic E-state index is 10.3. The first-order chi connectivity index (χ1) is 13.7. The molecule has 0 radical (unpaired) electrons. The Morgan fingerprint density at radius 1 is 1.03 bits per heavy atom. The van der Waals surface area contributed by atoms with Gasteiger partial charge in [-0.1, -0.05) is 65.5 Å². The van der Waals surface area contributed by atoms with Crippen molar-refractivity contribution in [3.05, 3.63) is 11.6 Å². The van der Waals surface area contributed by atoms with Gasteiger partial charge in [-0.2, -0.15) is 0 Å². The lowest BCUT2D eigenvalue weighted by atomic mass is 9.46. The number of aliphatic hydroxyl groups is 1.